The first-order valence-corrected chi connectivity index (χ1v) is 7.00. The van der Waals surface area contributed by atoms with Crippen LogP contribution >= 0.6 is 11.5 Å². The van der Waals surface area contributed by atoms with Crippen LogP contribution < -0.4 is 10.5 Å². The molecule has 0 amide bonds. The van der Waals surface area contributed by atoms with E-state index in [9.17, 15) is 18.5 Å². The van der Waals surface area contributed by atoms with E-state index in [4.69, 9.17) is 5.73 Å². The van der Waals surface area contributed by atoms with Gasteiger partial charge in [0.25, 0.3) is 15.7 Å². The third kappa shape index (κ3) is 2.77. The first kappa shape index (κ1) is 13.2. The number of aromatic nitrogens is 2. The van der Waals surface area contributed by atoms with Gasteiger partial charge in [0.15, 0.2) is 4.90 Å². The second-order valence-electron chi connectivity index (χ2n) is 3.37. The zero-order chi connectivity index (χ0) is 14.0. The number of benzene rings is 1. The largest absolute Gasteiger partial charge is 0.399 e. The number of nitro benzene ring substituents is 1. The molecule has 1 aromatic carbocycles. The lowest BCUT2D eigenvalue weighted by Crippen LogP contribution is -2.14. The van der Waals surface area contributed by atoms with Crippen molar-refractivity contribution in [3.05, 3.63) is 34.5 Å². The third-order valence-corrected chi connectivity index (χ3v) is 4.17. The molecule has 0 fully saturated rings. The molecule has 2 aromatic rings. The number of rotatable bonds is 4. The molecule has 3 N–H and O–H groups in total. The quantitative estimate of drug-likeness (QED) is 0.484. The summed E-state index contributed by atoms with van der Waals surface area (Å²) in [5.74, 6) is 0. The van der Waals surface area contributed by atoms with E-state index in [1.165, 1.54) is 12.3 Å². The lowest BCUT2D eigenvalue weighted by Gasteiger charge is -2.06. The van der Waals surface area contributed by atoms with Crippen molar-refractivity contribution in [2.24, 2.45) is 0 Å². The van der Waals surface area contributed by atoms with Gasteiger partial charge < -0.3 is 5.73 Å². The van der Waals surface area contributed by atoms with E-state index in [0.717, 1.165) is 23.7 Å². The van der Waals surface area contributed by atoms with Crippen LogP contribution in [0.15, 0.2) is 29.3 Å². The van der Waals surface area contributed by atoms with Crippen molar-refractivity contribution in [3.8, 4) is 0 Å². The topological polar surface area (TPSA) is 141 Å². The highest BCUT2D eigenvalue weighted by Crippen LogP contribution is 2.28. The van der Waals surface area contributed by atoms with Crippen LogP contribution in [0.5, 0.6) is 0 Å². The van der Waals surface area contributed by atoms with E-state index in [0.29, 0.717) is 0 Å². The van der Waals surface area contributed by atoms with E-state index < -0.39 is 25.5 Å². The fourth-order valence-electron chi connectivity index (χ4n) is 1.30. The number of nitrogens with two attached hydrogens (primary N) is 1. The monoisotopic (exact) mass is 301 g/mol. The Hall–Kier alpha value is -2.27. The molecule has 0 aliphatic carbocycles. The van der Waals surface area contributed by atoms with Crippen LogP contribution in [-0.4, -0.2) is 22.9 Å². The van der Waals surface area contributed by atoms with Gasteiger partial charge in [-0.1, -0.05) is 4.49 Å². The van der Waals surface area contributed by atoms with E-state index in [1.54, 1.807) is 0 Å². The van der Waals surface area contributed by atoms with Crippen LogP contribution in [0.1, 0.15) is 0 Å². The molecule has 0 bridgehead atoms. The number of hydrogen-bond donors (Lipinski definition) is 2. The Kier molecular flexibility index (Phi) is 3.31. The number of anilines is 2. The first-order chi connectivity index (χ1) is 8.90. The number of sulfonamides is 1. The van der Waals surface area contributed by atoms with Crippen LogP contribution in [-0.2, 0) is 10.0 Å². The fraction of sp³-hybridized carbons (Fsp3) is 0. The highest BCUT2D eigenvalue weighted by atomic mass is 32.2. The van der Waals surface area contributed by atoms with Crippen LogP contribution in [0.4, 0.5) is 16.4 Å². The average Bonchev–Trinajstić information content (AvgIpc) is 2.80. The minimum atomic E-state index is -4.12. The maximum absolute atomic E-state index is 12.1. The van der Waals surface area contributed by atoms with Crippen LogP contribution in [0.3, 0.4) is 0 Å². The van der Waals surface area contributed by atoms with Crippen molar-refractivity contribution >= 4 is 37.9 Å². The molecule has 1 aromatic heterocycles. The summed E-state index contributed by atoms with van der Waals surface area (Å²) < 4.78 is 29.7. The maximum Gasteiger partial charge on any atom is 0.290 e. The van der Waals surface area contributed by atoms with Gasteiger partial charge in [0, 0.05) is 23.3 Å². The van der Waals surface area contributed by atoms with E-state index in [-0.39, 0.29) is 10.7 Å². The molecule has 0 saturated heterocycles. The van der Waals surface area contributed by atoms with E-state index in [1.807, 2.05) is 0 Å². The third-order valence-electron chi connectivity index (χ3n) is 2.07. The predicted molar refractivity (Wildman–Crippen MR) is 68.2 cm³/mol. The van der Waals surface area contributed by atoms with Crippen LogP contribution in [0.2, 0.25) is 0 Å². The number of hydrogen-bond acceptors (Lipinski definition) is 8. The summed E-state index contributed by atoms with van der Waals surface area (Å²) in [6, 6.07) is 3.31. The summed E-state index contributed by atoms with van der Waals surface area (Å²) in [4.78, 5) is 9.53. The first-order valence-electron chi connectivity index (χ1n) is 4.74. The highest BCUT2D eigenvalue weighted by molar-refractivity contribution is 7.93. The van der Waals surface area contributed by atoms with Gasteiger partial charge in [-0.05, 0) is 12.1 Å². The van der Waals surface area contributed by atoms with Crippen LogP contribution in [0, 0.1) is 10.1 Å². The second-order valence-corrected chi connectivity index (χ2v) is 5.81. The Morgan fingerprint density at radius 2 is 2.16 bits per heavy atom. The van der Waals surface area contributed by atoms with Gasteiger partial charge in [-0.25, -0.2) is 8.42 Å². The molecular formula is C8H7N5O4S2. The van der Waals surface area contributed by atoms with Crippen molar-refractivity contribution < 1.29 is 13.3 Å². The smallest absolute Gasteiger partial charge is 0.290 e. The molecule has 0 unspecified atom stereocenters. The van der Waals surface area contributed by atoms with Crippen molar-refractivity contribution in [1.82, 2.24) is 9.59 Å². The van der Waals surface area contributed by atoms with Gasteiger partial charge in [0.1, 0.15) is 5.00 Å². The van der Waals surface area contributed by atoms with Gasteiger partial charge >= 0.3 is 0 Å². The summed E-state index contributed by atoms with van der Waals surface area (Å²) in [7, 11) is -4.12. The molecule has 0 aliphatic heterocycles. The molecule has 11 heteroatoms. The lowest BCUT2D eigenvalue weighted by atomic mass is 10.3. The van der Waals surface area contributed by atoms with Gasteiger partial charge in [0.2, 0.25) is 0 Å². The van der Waals surface area contributed by atoms with Crippen molar-refractivity contribution in [1.29, 1.82) is 0 Å². The highest BCUT2D eigenvalue weighted by Gasteiger charge is 2.26. The molecule has 19 heavy (non-hydrogen) atoms. The second kappa shape index (κ2) is 4.78. The Morgan fingerprint density at radius 3 is 2.74 bits per heavy atom. The van der Waals surface area contributed by atoms with Gasteiger partial charge in [-0.15, -0.1) is 5.10 Å². The maximum atomic E-state index is 12.1. The molecule has 0 radical (unpaired) electrons. The van der Waals surface area contributed by atoms with E-state index in [2.05, 4.69) is 14.3 Å². The van der Waals surface area contributed by atoms with Crippen molar-refractivity contribution in [2.75, 3.05) is 10.5 Å². The molecule has 9 nitrogen and oxygen atoms in total. The molecule has 0 atom stereocenters. The summed E-state index contributed by atoms with van der Waals surface area (Å²) in [6.45, 7) is 0. The zero-order valence-corrected chi connectivity index (χ0v) is 10.8. The number of nitrogens with one attached hydrogen (secondary N) is 1. The number of nitrogens with zero attached hydrogens (tertiary/aromatic N) is 3. The molecule has 1 heterocycles. The van der Waals surface area contributed by atoms with Gasteiger partial charge in [0.05, 0.1) is 11.1 Å². The molecular weight excluding hydrogens is 294 g/mol. The molecule has 0 spiro atoms. The number of nitro groups is 1. The molecule has 2 rings (SSSR count). The summed E-state index contributed by atoms with van der Waals surface area (Å²) in [5.41, 5.74) is 5.01. The molecule has 0 aliphatic rings. The summed E-state index contributed by atoms with van der Waals surface area (Å²) >= 11 is 0.810. The van der Waals surface area contributed by atoms with Crippen molar-refractivity contribution in [3.63, 3.8) is 0 Å². The average molecular weight is 301 g/mol. The Bertz CT molecular complexity index is 713. The van der Waals surface area contributed by atoms with Crippen LogP contribution in [0.25, 0.3) is 0 Å². The van der Waals surface area contributed by atoms with E-state index >= 15 is 0 Å². The Labute approximate surface area is 111 Å². The van der Waals surface area contributed by atoms with Gasteiger partial charge in [-0.3, -0.25) is 14.8 Å². The Balaban J connectivity index is 2.50. The molecule has 0 saturated carbocycles. The minimum Gasteiger partial charge on any atom is -0.399 e. The zero-order valence-electron chi connectivity index (χ0n) is 9.18. The summed E-state index contributed by atoms with van der Waals surface area (Å²) in [6.07, 6.45) is 1.19. The number of nitrogen functional groups attached to an aromatic ring is 1. The summed E-state index contributed by atoms with van der Waals surface area (Å²) in [5, 5.41) is 14.4. The van der Waals surface area contributed by atoms with Crippen molar-refractivity contribution in [2.45, 2.75) is 4.90 Å². The standard InChI is InChI=1S/C8H7N5O4S2/c9-5-1-2-6(13(14)15)7(3-5)19(16,17)11-8-4-10-12-18-8/h1-4,11H,9H2. The normalized spacial score (nSPS) is 11.2. The molecule has 100 valence electrons. The van der Waals surface area contributed by atoms with Gasteiger partial charge in [-0.2, -0.15) is 0 Å². The minimum absolute atomic E-state index is 0.105. The fourth-order valence-corrected chi connectivity index (χ4v) is 3.19. The SMILES string of the molecule is Nc1ccc([N+](=O)[O-])c(S(=O)(=O)Nc2cnns2)c1. The Morgan fingerprint density at radius 1 is 1.42 bits per heavy atom. The lowest BCUT2D eigenvalue weighted by molar-refractivity contribution is -0.387. The predicted octanol–water partition coefficient (Wildman–Crippen LogP) is 0.829.